The van der Waals surface area contributed by atoms with Crippen LogP contribution in [0, 0.1) is 0 Å². The van der Waals surface area contributed by atoms with Gasteiger partial charge in [0.05, 0.1) is 17.9 Å². The third-order valence-corrected chi connectivity index (χ3v) is 6.85. The summed E-state index contributed by atoms with van der Waals surface area (Å²) in [6.45, 7) is 3.66. The molecule has 12 heteroatoms. The fourth-order valence-corrected chi connectivity index (χ4v) is 5.10. The SMILES string of the molecule is CCNC(=NCc1cccc(C(F)(F)F)c1)NCCS(=O)(=O)N1CCSCC1.I. The number of hydrogen-bond donors (Lipinski definition) is 2. The summed E-state index contributed by atoms with van der Waals surface area (Å²) in [6, 6.07) is 4.99. The normalized spacial score (nSPS) is 16.2. The van der Waals surface area contributed by atoms with Gasteiger partial charge in [0.15, 0.2) is 5.96 Å². The minimum atomic E-state index is -4.40. The molecule has 6 nitrogen and oxygen atoms in total. The summed E-state index contributed by atoms with van der Waals surface area (Å²) in [7, 11) is -3.33. The van der Waals surface area contributed by atoms with Gasteiger partial charge in [0.2, 0.25) is 10.0 Å². The number of guanidine groups is 1. The summed E-state index contributed by atoms with van der Waals surface area (Å²) < 4.78 is 64.6. The molecule has 0 radical (unpaired) electrons. The molecule has 1 fully saturated rings. The van der Waals surface area contributed by atoms with E-state index in [4.69, 9.17) is 0 Å². The fraction of sp³-hybridized carbons (Fsp3) is 0.588. The van der Waals surface area contributed by atoms with E-state index >= 15 is 0 Å². The van der Waals surface area contributed by atoms with Crippen molar-refractivity contribution < 1.29 is 21.6 Å². The minimum absolute atomic E-state index is 0. The van der Waals surface area contributed by atoms with E-state index in [-0.39, 0.29) is 42.8 Å². The largest absolute Gasteiger partial charge is 0.416 e. The molecule has 0 bridgehead atoms. The molecule has 1 aromatic rings. The molecule has 2 N–H and O–H groups in total. The van der Waals surface area contributed by atoms with Crippen molar-refractivity contribution in [2.45, 2.75) is 19.6 Å². The van der Waals surface area contributed by atoms with Gasteiger partial charge in [-0.2, -0.15) is 24.9 Å². The second kappa shape index (κ2) is 12.2. The Hall–Kier alpha value is -0.730. The summed E-state index contributed by atoms with van der Waals surface area (Å²) >= 11 is 1.74. The van der Waals surface area contributed by atoms with Crippen molar-refractivity contribution in [3.05, 3.63) is 35.4 Å². The van der Waals surface area contributed by atoms with E-state index in [2.05, 4.69) is 15.6 Å². The van der Waals surface area contributed by atoms with E-state index in [1.165, 1.54) is 10.4 Å². The number of sulfonamides is 1. The van der Waals surface area contributed by atoms with Crippen LogP contribution in [-0.2, 0) is 22.7 Å². The number of thioether (sulfide) groups is 1. The van der Waals surface area contributed by atoms with Crippen molar-refractivity contribution in [1.82, 2.24) is 14.9 Å². The molecule has 1 aliphatic rings. The van der Waals surface area contributed by atoms with Crippen LogP contribution in [0.3, 0.4) is 0 Å². The minimum Gasteiger partial charge on any atom is -0.357 e. The molecule has 29 heavy (non-hydrogen) atoms. The van der Waals surface area contributed by atoms with Gasteiger partial charge in [-0.15, -0.1) is 24.0 Å². The number of alkyl halides is 3. The van der Waals surface area contributed by atoms with Gasteiger partial charge in [-0.3, -0.25) is 0 Å². The Balaban J connectivity index is 0.00000420. The molecule has 0 spiro atoms. The molecule has 2 rings (SSSR count). The van der Waals surface area contributed by atoms with E-state index in [1.54, 1.807) is 17.8 Å². The summed E-state index contributed by atoms with van der Waals surface area (Å²) in [5, 5.41) is 5.91. The third-order valence-electron chi connectivity index (χ3n) is 4.03. The predicted octanol–water partition coefficient (Wildman–Crippen LogP) is 2.76. The van der Waals surface area contributed by atoms with Crippen LogP contribution in [0.5, 0.6) is 0 Å². The molecule has 0 unspecified atom stereocenters. The molecular formula is C17H26F3IN4O2S2. The summed E-state index contributed by atoms with van der Waals surface area (Å²) in [6.07, 6.45) is -4.40. The number of nitrogens with one attached hydrogen (secondary N) is 2. The topological polar surface area (TPSA) is 73.8 Å². The first-order chi connectivity index (χ1) is 13.2. The number of aliphatic imine (C=N–C) groups is 1. The lowest BCUT2D eigenvalue weighted by Crippen LogP contribution is -2.44. The van der Waals surface area contributed by atoms with E-state index in [0.29, 0.717) is 31.2 Å². The van der Waals surface area contributed by atoms with Crippen LogP contribution in [0.25, 0.3) is 0 Å². The monoisotopic (exact) mass is 566 g/mol. The Morgan fingerprint density at radius 3 is 2.55 bits per heavy atom. The standard InChI is InChI=1S/C17H25F3N4O2S2.HI/c1-2-21-16(22-6-11-28(25,26)24-7-9-27-10-8-24)23-13-14-4-3-5-15(12-14)17(18,19)20;/h3-5,12H,2,6-11,13H2,1H3,(H2,21,22,23);1H. The Bertz CT molecular complexity index is 770. The third kappa shape index (κ3) is 8.89. The maximum absolute atomic E-state index is 12.8. The Labute approximate surface area is 191 Å². The van der Waals surface area contributed by atoms with Crippen LogP contribution in [0.2, 0.25) is 0 Å². The van der Waals surface area contributed by atoms with Gasteiger partial charge < -0.3 is 10.6 Å². The Kier molecular flexibility index (Phi) is 11.1. The average molecular weight is 566 g/mol. The lowest BCUT2D eigenvalue weighted by molar-refractivity contribution is -0.137. The van der Waals surface area contributed by atoms with E-state index in [9.17, 15) is 21.6 Å². The van der Waals surface area contributed by atoms with Gasteiger partial charge in [0.1, 0.15) is 0 Å². The van der Waals surface area contributed by atoms with Crippen molar-refractivity contribution in [2.24, 2.45) is 4.99 Å². The highest BCUT2D eigenvalue weighted by molar-refractivity contribution is 14.0. The van der Waals surface area contributed by atoms with Crippen molar-refractivity contribution in [2.75, 3.05) is 43.4 Å². The first-order valence-electron chi connectivity index (χ1n) is 8.96. The fourth-order valence-electron chi connectivity index (χ4n) is 2.61. The van der Waals surface area contributed by atoms with Crippen LogP contribution in [-0.4, -0.2) is 62.1 Å². The zero-order valence-corrected chi connectivity index (χ0v) is 20.0. The maximum Gasteiger partial charge on any atom is 0.416 e. The number of benzene rings is 1. The van der Waals surface area contributed by atoms with Crippen LogP contribution in [0.4, 0.5) is 13.2 Å². The quantitative estimate of drug-likeness (QED) is 0.302. The zero-order chi connectivity index (χ0) is 20.6. The molecule has 1 heterocycles. The molecular weight excluding hydrogens is 540 g/mol. The van der Waals surface area contributed by atoms with E-state index in [1.807, 2.05) is 6.92 Å². The first-order valence-corrected chi connectivity index (χ1v) is 11.7. The van der Waals surface area contributed by atoms with Gasteiger partial charge in [-0.25, -0.2) is 17.7 Å². The Morgan fingerprint density at radius 2 is 1.93 bits per heavy atom. The lowest BCUT2D eigenvalue weighted by Gasteiger charge is -2.25. The van der Waals surface area contributed by atoms with E-state index < -0.39 is 21.8 Å². The number of halogens is 4. The van der Waals surface area contributed by atoms with Gasteiger partial charge in [-0.05, 0) is 24.6 Å². The summed E-state index contributed by atoms with van der Waals surface area (Å²) in [5.41, 5.74) is -0.297. The first kappa shape index (κ1) is 26.3. The number of nitrogens with zero attached hydrogens (tertiary/aromatic N) is 2. The molecule has 0 aromatic heterocycles. The van der Waals surface area contributed by atoms with E-state index in [0.717, 1.165) is 23.6 Å². The predicted molar refractivity (Wildman–Crippen MR) is 122 cm³/mol. The second-order valence-corrected chi connectivity index (χ2v) is 9.46. The average Bonchev–Trinajstić information content (AvgIpc) is 2.66. The molecule has 1 saturated heterocycles. The smallest absolute Gasteiger partial charge is 0.357 e. The van der Waals surface area contributed by atoms with Crippen molar-refractivity contribution in [3.63, 3.8) is 0 Å². The summed E-state index contributed by atoms with van der Waals surface area (Å²) in [5.74, 6) is 1.90. The lowest BCUT2D eigenvalue weighted by atomic mass is 10.1. The van der Waals surface area contributed by atoms with Crippen LogP contribution in [0.1, 0.15) is 18.1 Å². The molecule has 1 aromatic carbocycles. The second-order valence-electron chi connectivity index (χ2n) is 6.15. The van der Waals surface area contributed by atoms with Gasteiger partial charge in [0, 0.05) is 37.7 Å². The highest BCUT2D eigenvalue weighted by Gasteiger charge is 2.30. The number of hydrogen-bond acceptors (Lipinski definition) is 4. The van der Waals surface area contributed by atoms with Crippen LogP contribution < -0.4 is 10.6 Å². The molecule has 166 valence electrons. The highest BCUT2D eigenvalue weighted by atomic mass is 127. The van der Waals surface area contributed by atoms with Crippen molar-refractivity contribution in [1.29, 1.82) is 0 Å². The van der Waals surface area contributed by atoms with Crippen molar-refractivity contribution in [3.8, 4) is 0 Å². The number of rotatable bonds is 7. The van der Waals surface area contributed by atoms with Gasteiger partial charge in [0.25, 0.3) is 0 Å². The molecule has 0 amide bonds. The molecule has 0 atom stereocenters. The van der Waals surface area contributed by atoms with Gasteiger partial charge in [-0.1, -0.05) is 12.1 Å². The van der Waals surface area contributed by atoms with Crippen LogP contribution in [0.15, 0.2) is 29.3 Å². The summed E-state index contributed by atoms with van der Waals surface area (Å²) in [4.78, 5) is 4.25. The van der Waals surface area contributed by atoms with Crippen LogP contribution >= 0.6 is 35.7 Å². The van der Waals surface area contributed by atoms with Crippen molar-refractivity contribution >= 4 is 51.7 Å². The highest BCUT2D eigenvalue weighted by Crippen LogP contribution is 2.29. The Morgan fingerprint density at radius 1 is 1.24 bits per heavy atom. The van der Waals surface area contributed by atoms with Gasteiger partial charge >= 0.3 is 6.18 Å². The maximum atomic E-state index is 12.8. The molecule has 1 aliphatic heterocycles. The zero-order valence-electron chi connectivity index (χ0n) is 16.0. The molecule has 0 aliphatic carbocycles. The molecule has 0 saturated carbocycles.